The van der Waals surface area contributed by atoms with Crippen LogP contribution in [0.2, 0.25) is 0 Å². The first-order chi connectivity index (χ1) is 21.1. The number of para-hydroxylation sites is 1. The van der Waals surface area contributed by atoms with Crippen LogP contribution in [0, 0.1) is 5.92 Å². The number of alkyl carbamates (subject to hydrolysis) is 1. The number of benzene rings is 2. The predicted molar refractivity (Wildman–Crippen MR) is 167 cm³/mol. The molecular formula is C33H42N4O8. The number of ether oxygens (including phenoxy) is 2. The summed E-state index contributed by atoms with van der Waals surface area (Å²) in [5, 5.41) is 18.1. The Balaban J connectivity index is 1.88. The molecule has 12 heteroatoms. The number of carboxylic acids is 1. The molecule has 3 amide bonds. The number of rotatable bonds is 13. The maximum atomic E-state index is 13.7. The van der Waals surface area contributed by atoms with Gasteiger partial charge < -0.3 is 35.1 Å². The van der Waals surface area contributed by atoms with Crippen LogP contribution in [0.5, 0.6) is 0 Å². The molecule has 0 spiro atoms. The first-order valence-electron chi connectivity index (χ1n) is 14.7. The zero-order valence-electron chi connectivity index (χ0n) is 26.5. The number of aromatic nitrogens is 1. The van der Waals surface area contributed by atoms with Gasteiger partial charge in [0, 0.05) is 30.6 Å². The molecule has 0 saturated carbocycles. The molecule has 12 nitrogen and oxygen atoms in total. The molecule has 0 bridgehead atoms. The molecule has 0 aliphatic carbocycles. The topological polar surface area (TPSA) is 165 Å². The summed E-state index contributed by atoms with van der Waals surface area (Å²) in [6.07, 6.45) is 0.325. The molecule has 3 aromatic rings. The average Bonchev–Trinajstić information content (AvgIpc) is 3.28. The van der Waals surface area contributed by atoms with Crippen molar-refractivity contribution < 1.29 is 38.6 Å². The van der Waals surface area contributed by atoms with E-state index >= 15 is 0 Å². The van der Waals surface area contributed by atoms with Gasteiger partial charge in [-0.15, -0.1) is 0 Å². The third-order valence-electron chi connectivity index (χ3n) is 6.88. The van der Waals surface area contributed by atoms with Crippen molar-refractivity contribution in [1.82, 2.24) is 20.5 Å². The minimum atomic E-state index is -1.47. The van der Waals surface area contributed by atoms with Crippen molar-refractivity contribution in [2.24, 2.45) is 13.0 Å². The van der Waals surface area contributed by atoms with E-state index in [1.165, 1.54) is 0 Å². The number of carbonyl (C=O) groups is 5. The van der Waals surface area contributed by atoms with Crippen LogP contribution in [0.15, 0.2) is 60.8 Å². The minimum absolute atomic E-state index is 0.000964. The molecule has 0 aliphatic rings. The normalized spacial score (nSPS) is 13.4. The van der Waals surface area contributed by atoms with Gasteiger partial charge in [0.05, 0.1) is 6.42 Å². The highest BCUT2D eigenvalue weighted by Gasteiger charge is 2.33. The predicted octanol–water partition coefficient (Wildman–Crippen LogP) is 3.46. The van der Waals surface area contributed by atoms with E-state index in [1.54, 1.807) is 58.9 Å². The number of fused-ring (bicyclic) bond motifs is 1. The van der Waals surface area contributed by atoms with Crippen molar-refractivity contribution in [1.29, 1.82) is 0 Å². The van der Waals surface area contributed by atoms with Crippen molar-refractivity contribution in [2.75, 3.05) is 0 Å². The molecule has 3 atom stereocenters. The summed E-state index contributed by atoms with van der Waals surface area (Å²) < 4.78 is 12.5. The highest BCUT2D eigenvalue weighted by Crippen LogP contribution is 2.22. The van der Waals surface area contributed by atoms with E-state index < -0.39 is 65.9 Å². The van der Waals surface area contributed by atoms with E-state index in [9.17, 15) is 29.1 Å². The third kappa shape index (κ3) is 10.4. The maximum Gasteiger partial charge on any atom is 0.408 e. The zero-order valence-corrected chi connectivity index (χ0v) is 26.5. The SMILES string of the molecule is CC(C)[C@H](NC(=O)[C@H](Cc1cn(C)c2ccccc12)NC(=O)[C@H](CC(=O)OC(C)(C)C)NC(=O)OCc1ccccc1)C(=O)O. The first kappa shape index (κ1) is 34.6. The summed E-state index contributed by atoms with van der Waals surface area (Å²) in [6, 6.07) is 12.5. The molecule has 45 heavy (non-hydrogen) atoms. The van der Waals surface area contributed by atoms with Crippen molar-refractivity contribution in [3.8, 4) is 0 Å². The number of carboxylic acid groups (broad SMARTS) is 1. The Hall–Kier alpha value is -4.87. The van der Waals surface area contributed by atoms with Gasteiger partial charge in [-0.05, 0) is 43.9 Å². The number of nitrogens with one attached hydrogen (secondary N) is 3. The van der Waals surface area contributed by atoms with Crippen molar-refractivity contribution in [3.05, 3.63) is 71.9 Å². The fourth-order valence-corrected chi connectivity index (χ4v) is 4.72. The largest absolute Gasteiger partial charge is 0.480 e. The standard InChI is InChI=1S/C33H42N4O8/c1-20(2)28(31(41)42)36-30(40)24(16-22-18-37(6)26-15-11-10-14-23(22)26)34-29(39)25(17-27(38)45-33(3,4)5)35-32(43)44-19-21-12-8-7-9-13-21/h7-15,18,20,24-25,28H,16-17,19H2,1-6H3,(H,34,39)(H,35,43)(H,36,40)(H,41,42)/t24-,25-,28-/m0/s1. The molecule has 1 aromatic heterocycles. The number of nitrogens with zero attached hydrogens (tertiary/aromatic N) is 1. The van der Waals surface area contributed by atoms with Crippen LogP contribution in [0.1, 0.15) is 52.2 Å². The molecule has 0 fully saturated rings. The summed E-state index contributed by atoms with van der Waals surface area (Å²) in [4.78, 5) is 64.6. The van der Waals surface area contributed by atoms with Crippen molar-refractivity contribution in [2.45, 2.75) is 77.8 Å². The van der Waals surface area contributed by atoms with Gasteiger partial charge in [-0.1, -0.05) is 62.4 Å². The van der Waals surface area contributed by atoms with Gasteiger partial charge >= 0.3 is 18.0 Å². The molecule has 1 heterocycles. The number of aryl methyl sites for hydroxylation is 1. The molecule has 0 saturated heterocycles. The second-order valence-corrected chi connectivity index (χ2v) is 12.2. The van der Waals surface area contributed by atoms with Gasteiger partial charge in [0.2, 0.25) is 11.8 Å². The summed E-state index contributed by atoms with van der Waals surface area (Å²) in [5.41, 5.74) is 1.48. The lowest BCUT2D eigenvalue weighted by Crippen LogP contribution is -2.57. The van der Waals surface area contributed by atoms with Gasteiger partial charge in [-0.25, -0.2) is 9.59 Å². The van der Waals surface area contributed by atoms with Crippen LogP contribution in [0.25, 0.3) is 10.9 Å². The first-order valence-corrected chi connectivity index (χ1v) is 14.7. The lowest BCUT2D eigenvalue weighted by atomic mass is 10.0. The quantitative estimate of drug-likeness (QED) is 0.211. The Morgan fingerprint density at radius 1 is 0.867 bits per heavy atom. The Morgan fingerprint density at radius 2 is 1.49 bits per heavy atom. The Bertz CT molecular complexity index is 1510. The van der Waals surface area contributed by atoms with E-state index in [4.69, 9.17) is 9.47 Å². The lowest BCUT2D eigenvalue weighted by molar-refractivity contribution is -0.156. The second-order valence-electron chi connectivity index (χ2n) is 12.2. The van der Waals surface area contributed by atoms with Gasteiger partial charge in [0.15, 0.2) is 0 Å². The Kier molecular flexibility index (Phi) is 11.7. The van der Waals surface area contributed by atoms with E-state index in [0.29, 0.717) is 5.56 Å². The van der Waals surface area contributed by atoms with Crippen LogP contribution >= 0.6 is 0 Å². The Labute approximate surface area is 262 Å². The zero-order chi connectivity index (χ0) is 33.3. The molecule has 0 aliphatic heterocycles. The molecule has 3 rings (SSSR count). The smallest absolute Gasteiger partial charge is 0.408 e. The highest BCUT2D eigenvalue weighted by molar-refractivity contribution is 5.95. The third-order valence-corrected chi connectivity index (χ3v) is 6.88. The maximum absolute atomic E-state index is 13.7. The van der Waals surface area contributed by atoms with Crippen LogP contribution < -0.4 is 16.0 Å². The molecule has 2 aromatic carbocycles. The lowest BCUT2D eigenvalue weighted by Gasteiger charge is -2.26. The van der Waals surface area contributed by atoms with Gasteiger partial charge in [-0.3, -0.25) is 14.4 Å². The fourth-order valence-electron chi connectivity index (χ4n) is 4.72. The minimum Gasteiger partial charge on any atom is -0.480 e. The summed E-state index contributed by atoms with van der Waals surface area (Å²) in [5.74, 6) is -4.01. The Morgan fingerprint density at radius 3 is 2.11 bits per heavy atom. The summed E-state index contributed by atoms with van der Waals surface area (Å²) in [6.45, 7) is 8.22. The number of hydrogen-bond donors (Lipinski definition) is 4. The van der Waals surface area contributed by atoms with Crippen LogP contribution in [0.4, 0.5) is 4.79 Å². The summed E-state index contributed by atoms with van der Waals surface area (Å²) >= 11 is 0. The number of carbonyl (C=O) groups excluding carboxylic acids is 4. The highest BCUT2D eigenvalue weighted by atomic mass is 16.6. The second kappa shape index (κ2) is 15.2. The molecule has 4 N–H and O–H groups in total. The molecular weight excluding hydrogens is 580 g/mol. The number of hydrogen-bond acceptors (Lipinski definition) is 7. The van der Waals surface area contributed by atoms with E-state index in [1.807, 2.05) is 48.1 Å². The monoisotopic (exact) mass is 622 g/mol. The van der Waals surface area contributed by atoms with Crippen molar-refractivity contribution >= 4 is 40.7 Å². The number of amides is 3. The van der Waals surface area contributed by atoms with Crippen LogP contribution in [-0.2, 0) is 48.7 Å². The average molecular weight is 623 g/mol. The number of esters is 1. The number of aliphatic carboxylic acids is 1. The van der Waals surface area contributed by atoms with E-state index in [0.717, 1.165) is 16.5 Å². The van der Waals surface area contributed by atoms with E-state index in [-0.39, 0.29) is 13.0 Å². The van der Waals surface area contributed by atoms with Crippen LogP contribution in [-0.4, -0.2) is 63.2 Å². The molecule has 0 radical (unpaired) electrons. The van der Waals surface area contributed by atoms with Crippen LogP contribution in [0.3, 0.4) is 0 Å². The van der Waals surface area contributed by atoms with E-state index in [2.05, 4.69) is 16.0 Å². The van der Waals surface area contributed by atoms with Gasteiger partial charge in [0.25, 0.3) is 0 Å². The van der Waals surface area contributed by atoms with Crippen molar-refractivity contribution in [3.63, 3.8) is 0 Å². The van der Waals surface area contributed by atoms with Gasteiger partial charge in [0.1, 0.15) is 30.3 Å². The van der Waals surface area contributed by atoms with Gasteiger partial charge in [-0.2, -0.15) is 0 Å². The summed E-state index contributed by atoms with van der Waals surface area (Å²) in [7, 11) is 1.85. The molecule has 0 unspecified atom stereocenters. The fraction of sp³-hybridized carbons (Fsp3) is 0.424. The molecule has 242 valence electrons.